The van der Waals surface area contributed by atoms with Gasteiger partial charge in [0.1, 0.15) is 17.6 Å². The van der Waals surface area contributed by atoms with Crippen molar-refractivity contribution in [2.24, 2.45) is 0 Å². The van der Waals surface area contributed by atoms with Crippen LogP contribution < -0.4 is 10.1 Å². The summed E-state index contributed by atoms with van der Waals surface area (Å²) in [7, 11) is 0. The second-order valence-corrected chi connectivity index (χ2v) is 4.65. The van der Waals surface area contributed by atoms with E-state index in [1.807, 2.05) is 0 Å². The maximum atomic E-state index is 13.2. The number of alkyl halides is 2. The van der Waals surface area contributed by atoms with Gasteiger partial charge in [-0.1, -0.05) is 0 Å². The Hall–Kier alpha value is -3.04. The lowest BCUT2D eigenvalue weighted by Gasteiger charge is -2.14. The van der Waals surface area contributed by atoms with Crippen molar-refractivity contribution in [3.8, 4) is 5.75 Å². The molecule has 0 radical (unpaired) electrons. The number of hydrogen-bond acceptors (Lipinski definition) is 4. The number of aliphatic carboxylic acids is 1. The van der Waals surface area contributed by atoms with Gasteiger partial charge in [-0.2, -0.15) is 13.9 Å². The summed E-state index contributed by atoms with van der Waals surface area (Å²) < 4.78 is 43.0. The highest BCUT2D eigenvalue weighted by Gasteiger charge is 2.22. The predicted octanol–water partition coefficient (Wildman–Crippen LogP) is 2.52. The van der Waals surface area contributed by atoms with Gasteiger partial charge in [-0.05, 0) is 25.1 Å². The number of carbonyl (C=O) groups is 2. The number of ether oxygens (including phenoxy) is 1. The molecule has 0 saturated carbocycles. The molecule has 1 atom stereocenters. The van der Waals surface area contributed by atoms with E-state index in [0.717, 1.165) is 16.8 Å². The lowest BCUT2D eigenvalue weighted by atomic mass is 10.2. The number of carbonyl (C=O) groups excluding carboxylic acids is 1. The first-order valence-corrected chi connectivity index (χ1v) is 6.61. The Morgan fingerprint density at radius 3 is 2.67 bits per heavy atom. The van der Waals surface area contributed by atoms with Crippen molar-refractivity contribution in [1.82, 2.24) is 9.78 Å². The van der Waals surface area contributed by atoms with E-state index in [1.54, 1.807) is 0 Å². The van der Waals surface area contributed by atoms with Crippen LogP contribution in [0.2, 0.25) is 0 Å². The number of halogens is 3. The molecule has 10 heteroatoms. The second kappa shape index (κ2) is 7.02. The number of hydrogen-bond donors (Lipinski definition) is 2. The van der Waals surface area contributed by atoms with Crippen molar-refractivity contribution >= 4 is 17.6 Å². The highest BCUT2D eigenvalue weighted by atomic mass is 19.3. The maximum absolute atomic E-state index is 13.2. The van der Waals surface area contributed by atoms with Crippen LogP contribution in [0, 0.1) is 5.82 Å². The minimum absolute atomic E-state index is 0.114. The van der Waals surface area contributed by atoms with Gasteiger partial charge >= 0.3 is 12.6 Å². The van der Waals surface area contributed by atoms with Crippen LogP contribution in [0.1, 0.15) is 23.5 Å². The fraction of sp³-hybridized carbons (Fsp3) is 0.214. The molecule has 0 aliphatic heterocycles. The van der Waals surface area contributed by atoms with E-state index < -0.39 is 36.1 Å². The Labute approximate surface area is 133 Å². The average molecular weight is 343 g/mol. The second-order valence-electron chi connectivity index (χ2n) is 4.65. The van der Waals surface area contributed by atoms with E-state index in [1.165, 1.54) is 19.2 Å². The van der Waals surface area contributed by atoms with E-state index in [4.69, 9.17) is 5.11 Å². The van der Waals surface area contributed by atoms with Gasteiger partial charge in [-0.3, -0.25) is 4.79 Å². The van der Waals surface area contributed by atoms with E-state index >= 15 is 0 Å². The molecule has 0 aliphatic carbocycles. The lowest BCUT2D eigenvalue weighted by Crippen LogP contribution is -2.24. The minimum Gasteiger partial charge on any atom is -0.480 e. The Balaban J connectivity index is 2.28. The molecule has 1 amide bonds. The number of amides is 1. The molecule has 2 N–H and O–H groups in total. The zero-order valence-corrected chi connectivity index (χ0v) is 12.2. The van der Waals surface area contributed by atoms with Crippen LogP contribution in [0.4, 0.5) is 18.9 Å². The van der Waals surface area contributed by atoms with Gasteiger partial charge in [0.25, 0.3) is 5.91 Å². The van der Waals surface area contributed by atoms with Gasteiger partial charge in [0.15, 0.2) is 5.75 Å². The third kappa shape index (κ3) is 3.83. The van der Waals surface area contributed by atoms with Crippen LogP contribution in [0.5, 0.6) is 5.75 Å². The first-order valence-electron chi connectivity index (χ1n) is 6.61. The number of aromatic nitrogens is 2. The van der Waals surface area contributed by atoms with Crippen LogP contribution in [0.25, 0.3) is 0 Å². The molecule has 0 bridgehead atoms. The number of nitrogens with one attached hydrogen (secondary N) is 1. The smallest absolute Gasteiger partial charge is 0.387 e. The monoisotopic (exact) mass is 343 g/mol. The summed E-state index contributed by atoms with van der Waals surface area (Å²) in [4.78, 5) is 23.3. The van der Waals surface area contributed by atoms with Gasteiger partial charge < -0.3 is 15.2 Å². The molecule has 1 unspecified atom stereocenters. The number of benzene rings is 1. The van der Waals surface area contributed by atoms with Crippen molar-refractivity contribution < 1.29 is 32.6 Å². The van der Waals surface area contributed by atoms with Gasteiger partial charge in [-0.15, -0.1) is 0 Å². The molecule has 0 saturated heterocycles. The summed E-state index contributed by atoms with van der Waals surface area (Å²) in [6.45, 7) is -1.89. The van der Waals surface area contributed by atoms with Crippen LogP contribution in [-0.4, -0.2) is 33.4 Å². The summed E-state index contributed by atoms with van der Waals surface area (Å²) >= 11 is 0. The number of anilines is 1. The van der Waals surface area contributed by atoms with Crippen molar-refractivity contribution in [2.75, 3.05) is 5.32 Å². The van der Waals surface area contributed by atoms with E-state index in [-0.39, 0.29) is 11.4 Å². The molecule has 2 rings (SSSR count). The third-order valence-electron chi connectivity index (χ3n) is 3.04. The Morgan fingerprint density at radius 2 is 2.04 bits per heavy atom. The van der Waals surface area contributed by atoms with Crippen molar-refractivity contribution in [3.05, 3.63) is 42.0 Å². The Bertz CT molecular complexity index is 763. The van der Waals surface area contributed by atoms with E-state index in [0.29, 0.717) is 6.07 Å². The van der Waals surface area contributed by atoms with Crippen molar-refractivity contribution in [1.29, 1.82) is 0 Å². The molecule has 2 aromatic rings. The fourth-order valence-corrected chi connectivity index (χ4v) is 1.89. The standard InChI is InChI=1S/C14H12F3N3O4/c1-7(13(22)23)20-10(4-5-18-20)12(21)19-9-3-2-8(15)6-11(9)24-14(16)17/h2-7,14H,1H3,(H,19,21)(H,22,23). The van der Waals surface area contributed by atoms with Crippen LogP contribution in [0.3, 0.4) is 0 Å². The molecular weight excluding hydrogens is 331 g/mol. The highest BCUT2D eigenvalue weighted by molar-refractivity contribution is 6.04. The zero-order valence-electron chi connectivity index (χ0n) is 12.2. The third-order valence-corrected chi connectivity index (χ3v) is 3.04. The summed E-state index contributed by atoms with van der Waals surface area (Å²) in [5, 5.41) is 15.0. The van der Waals surface area contributed by atoms with Gasteiger partial charge in [-0.25, -0.2) is 13.9 Å². The summed E-state index contributed by atoms with van der Waals surface area (Å²) in [5.74, 6) is -3.41. The van der Waals surface area contributed by atoms with Crippen LogP contribution in [-0.2, 0) is 4.79 Å². The first kappa shape index (κ1) is 17.3. The molecule has 1 heterocycles. The van der Waals surface area contributed by atoms with Gasteiger partial charge in [0.2, 0.25) is 0 Å². The number of nitrogens with zero attached hydrogens (tertiary/aromatic N) is 2. The normalized spacial score (nSPS) is 12.0. The summed E-state index contributed by atoms with van der Waals surface area (Å²) in [6.07, 6.45) is 1.22. The molecule has 0 fully saturated rings. The lowest BCUT2D eigenvalue weighted by molar-refractivity contribution is -0.140. The van der Waals surface area contributed by atoms with Crippen molar-refractivity contribution in [2.45, 2.75) is 19.6 Å². The molecule has 7 nitrogen and oxygen atoms in total. The van der Waals surface area contributed by atoms with Crippen LogP contribution in [0.15, 0.2) is 30.5 Å². The van der Waals surface area contributed by atoms with E-state index in [9.17, 15) is 22.8 Å². The molecular formula is C14H12F3N3O4. The number of carboxylic acids is 1. The van der Waals surface area contributed by atoms with Gasteiger partial charge in [0.05, 0.1) is 5.69 Å². The van der Waals surface area contributed by atoms with E-state index in [2.05, 4.69) is 15.2 Å². The predicted molar refractivity (Wildman–Crippen MR) is 75.6 cm³/mol. The molecule has 1 aromatic carbocycles. The summed E-state index contributed by atoms with van der Waals surface area (Å²) in [5.41, 5.74) is -0.311. The molecule has 24 heavy (non-hydrogen) atoms. The quantitative estimate of drug-likeness (QED) is 0.841. The summed E-state index contributed by atoms with van der Waals surface area (Å²) in [6, 6.07) is 2.83. The van der Waals surface area contributed by atoms with Gasteiger partial charge in [0, 0.05) is 12.3 Å². The van der Waals surface area contributed by atoms with Crippen LogP contribution >= 0.6 is 0 Å². The highest BCUT2D eigenvalue weighted by Crippen LogP contribution is 2.27. The fourth-order valence-electron chi connectivity index (χ4n) is 1.89. The SMILES string of the molecule is CC(C(=O)O)n1nccc1C(=O)Nc1ccc(F)cc1OC(F)F. The Morgan fingerprint density at radius 1 is 1.33 bits per heavy atom. The topological polar surface area (TPSA) is 93.5 Å². The maximum Gasteiger partial charge on any atom is 0.387 e. The Kier molecular flexibility index (Phi) is 5.07. The largest absolute Gasteiger partial charge is 0.480 e. The average Bonchev–Trinajstić information content (AvgIpc) is 2.97. The molecule has 0 spiro atoms. The number of carboxylic acid groups (broad SMARTS) is 1. The first-order chi connectivity index (χ1) is 11.3. The number of rotatable bonds is 6. The zero-order chi connectivity index (χ0) is 17.9. The van der Waals surface area contributed by atoms with Crippen molar-refractivity contribution in [3.63, 3.8) is 0 Å². The molecule has 0 aliphatic rings. The molecule has 1 aromatic heterocycles. The molecule has 128 valence electrons. The minimum atomic E-state index is -3.21.